The van der Waals surface area contributed by atoms with Gasteiger partial charge in [-0.15, -0.1) is 0 Å². The van der Waals surface area contributed by atoms with E-state index >= 15 is 0 Å². The molecular weight excluding hydrogens is 401 g/mol. The second-order valence-electron chi connectivity index (χ2n) is 6.63. The van der Waals surface area contributed by atoms with E-state index in [2.05, 4.69) is 9.97 Å². The Morgan fingerprint density at radius 1 is 1.18 bits per heavy atom. The molecule has 1 atom stereocenters. The first-order valence-corrected chi connectivity index (χ1v) is 9.38. The SMILES string of the molecule is O=C(OC1Cc2cncn2C1)c1ccc2nc(-c3cc(Cl)cc(Cl)c3)oc2c1. The van der Waals surface area contributed by atoms with E-state index in [1.165, 1.54) is 0 Å². The molecule has 1 aliphatic rings. The lowest BCUT2D eigenvalue weighted by atomic mass is 10.2. The van der Waals surface area contributed by atoms with Crippen molar-refractivity contribution in [2.45, 2.75) is 19.1 Å². The van der Waals surface area contributed by atoms with Crippen molar-refractivity contribution < 1.29 is 13.9 Å². The van der Waals surface area contributed by atoms with Crippen LogP contribution in [0.1, 0.15) is 16.1 Å². The molecule has 140 valence electrons. The molecule has 0 saturated carbocycles. The second-order valence-corrected chi connectivity index (χ2v) is 7.50. The molecule has 6 nitrogen and oxygen atoms in total. The van der Waals surface area contributed by atoms with Crippen LogP contribution in [0.25, 0.3) is 22.6 Å². The Balaban J connectivity index is 1.39. The second kappa shape index (κ2) is 6.65. The average Bonchev–Trinajstić information content (AvgIpc) is 3.34. The van der Waals surface area contributed by atoms with E-state index in [4.69, 9.17) is 32.4 Å². The Hall–Kier alpha value is -2.83. The van der Waals surface area contributed by atoms with Crippen molar-refractivity contribution in [3.8, 4) is 11.5 Å². The molecule has 0 spiro atoms. The third-order valence-corrected chi connectivity index (χ3v) is 5.08. The normalized spacial score (nSPS) is 15.7. The molecule has 2 aromatic carbocycles. The number of ether oxygens (including phenoxy) is 1. The Bertz CT molecular complexity index is 1170. The topological polar surface area (TPSA) is 70.2 Å². The number of carbonyl (C=O) groups is 1. The molecule has 0 fully saturated rings. The van der Waals surface area contributed by atoms with Gasteiger partial charge in [0.2, 0.25) is 5.89 Å². The fourth-order valence-electron chi connectivity index (χ4n) is 3.35. The van der Waals surface area contributed by atoms with Crippen molar-refractivity contribution in [3.05, 3.63) is 70.2 Å². The van der Waals surface area contributed by atoms with E-state index in [1.54, 1.807) is 48.9 Å². The predicted octanol–water partition coefficient (Wildman–Crippen LogP) is 4.78. The number of imidazole rings is 1. The molecule has 1 unspecified atom stereocenters. The predicted molar refractivity (Wildman–Crippen MR) is 105 cm³/mol. The van der Waals surface area contributed by atoms with Crippen LogP contribution in [0.2, 0.25) is 10.0 Å². The summed E-state index contributed by atoms with van der Waals surface area (Å²) < 4.78 is 13.4. The van der Waals surface area contributed by atoms with Gasteiger partial charge in [0.05, 0.1) is 18.4 Å². The third-order valence-electron chi connectivity index (χ3n) is 4.64. The van der Waals surface area contributed by atoms with Crippen molar-refractivity contribution >= 4 is 40.3 Å². The minimum Gasteiger partial charge on any atom is -0.456 e. The number of fused-ring (bicyclic) bond motifs is 2. The lowest BCUT2D eigenvalue weighted by Crippen LogP contribution is -2.19. The van der Waals surface area contributed by atoms with Crippen LogP contribution in [0.5, 0.6) is 0 Å². The fourth-order valence-corrected chi connectivity index (χ4v) is 3.88. The summed E-state index contributed by atoms with van der Waals surface area (Å²) >= 11 is 12.1. The first-order valence-electron chi connectivity index (χ1n) is 8.62. The number of hydrogen-bond acceptors (Lipinski definition) is 5. The highest BCUT2D eigenvalue weighted by Crippen LogP contribution is 2.30. The zero-order chi connectivity index (χ0) is 19.3. The number of carbonyl (C=O) groups excluding carboxylic acids is 1. The number of aromatic nitrogens is 3. The van der Waals surface area contributed by atoms with Gasteiger partial charge in [-0.1, -0.05) is 23.2 Å². The number of benzene rings is 2. The van der Waals surface area contributed by atoms with Crippen LogP contribution in [0.3, 0.4) is 0 Å². The van der Waals surface area contributed by atoms with Gasteiger partial charge in [-0.05, 0) is 36.4 Å². The molecule has 0 aliphatic carbocycles. The zero-order valence-electron chi connectivity index (χ0n) is 14.4. The lowest BCUT2D eigenvalue weighted by molar-refractivity contribution is 0.0304. The summed E-state index contributed by atoms with van der Waals surface area (Å²) in [6, 6.07) is 10.1. The number of nitrogens with zero attached hydrogens (tertiary/aromatic N) is 3. The van der Waals surface area contributed by atoms with Crippen molar-refractivity contribution in [1.82, 2.24) is 14.5 Å². The molecule has 4 aromatic rings. The van der Waals surface area contributed by atoms with Crippen LogP contribution in [0, 0.1) is 0 Å². The smallest absolute Gasteiger partial charge is 0.338 e. The van der Waals surface area contributed by atoms with E-state index in [1.807, 2.05) is 4.57 Å². The largest absolute Gasteiger partial charge is 0.456 e. The summed E-state index contributed by atoms with van der Waals surface area (Å²) in [6.45, 7) is 0.616. The summed E-state index contributed by atoms with van der Waals surface area (Å²) in [7, 11) is 0. The van der Waals surface area contributed by atoms with E-state index in [0.29, 0.717) is 51.1 Å². The van der Waals surface area contributed by atoms with Gasteiger partial charge in [-0.3, -0.25) is 0 Å². The Morgan fingerprint density at radius 3 is 2.79 bits per heavy atom. The van der Waals surface area contributed by atoms with E-state index in [0.717, 1.165) is 5.69 Å². The molecule has 2 aromatic heterocycles. The molecule has 0 radical (unpaired) electrons. The highest BCUT2D eigenvalue weighted by molar-refractivity contribution is 6.35. The first-order chi connectivity index (χ1) is 13.5. The maximum atomic E-state index is 12.5. The molecular formula is C20H13Cl2N3O3. The van der Waals surface area contributed by atoms with E-state index in [9.17, 15) is 4.79 Å². The van der Waals surface area contributed by atoms with Crippen molar-refractivity contribution in [2.75, 3.05) is 0 Å². The van der Waals surface area contributed by atoms with Gasteiger partial charge < -0.3 is 13.7 Å². The average molecular weight is 414 g/mol. The maximum absolute atomic E-state index is 12.5. The third kappa shape index (κ3) is 3.15. The van der Waals surface area contributed by atoms with Gasteiger partial charge in [0.15, 0.2) is 5.58 Å². The summed E-state index contributed by atoms with van der Waals surface area (Å²) in [5.74, 6) is -0.0121. The zero-order valence-corrected chi connectivity index (χ0v) is 15.9. The minimum atomic E-state index is -0.394. The Labute approximate surface area is 169 Å². The standard InChI is InChI=1S/C20H13Cl2N3O3/c21-13-3-12(4-14(22)6-13)19-24-17-2-1-11(5-18(17)28-19)20(26)27-16-7-15-8-23-10-25(15)9-16/h1-6,8,10,16H,7,9H2. The Kier molecular flexibility index (Phi) is 4.10. The van der Waals surface area contributed by atoms with Gasteiger partial charge in [-0.25, -0.2) is 14.8 Å². The summed E-state index contributed by atoms with van der Waals surface area (Å²) in [6.07, 6.45) is 4.00. The number of halogens is 2. The lowest BCUT2D eigenvalue weighted by Gasteiger charge is -2.11. The van der Waals surface area contributed by atoms with Crippen molar-refractivity contribution in [3.63, 3.8) is 0 Å². The van der Waals surface area contributed by atoms with Crippen molar-refractivity contribution in [2.24, 2.45) is 0 Å². The molecule has 5 rings (SSSR count). The summed E-state index contributed by atoms with van der Waals surface area (Å²) in [5, 5.41) is 0.984. The number of esters is 1. The number of hydrogen-bond donors (Lipinski definition) is 0. The molecule has 28 heavy (non-hydrogen) atoms. The minimum absolute atomic E-state index is 0.194. The van der Waals surface area contributed by atoms with E-state index < -0.39 is 5.97 Å². The van der Waals surface area contributed by atoms with Gasteiger partial charge in [0.1, 0.15) is 11.6 Å². The quantitative estimate of drug-likeness (QED) is 0.452. The molecule has 0 amide bonds. The molecule has 0 N–H and O–H groups in total. The van der Waals surface area contributed by atoms with Gasteiger partial charge in [-0.2, -0.15) is 0 Å². The summed E-state index contributed by atoms with van der Waals surface area (Å²) in [5.41, 5.74) is 3.26. The van der Waals surface area contributed by atoms with Crippen LogP contribution < -0.4 is 0 Å². The summed E-state index contributed by atoms with van der Waals surface area (Å²) in [4.78, 5) is 21.1. The van der Waals surface area contributed by atoms with Crippen LogP contribution in [-0.2, 0) is 17.7 Å². The monoisotopic (exact) mass is 413 g/mol. The number of rotatable bonds is 3. The van der Waals surface area contributed by atoms with Crippen LogP contribution >= 0.6 is 23.2 Å². The Morgan fingerprint density at radius 2 is 2.00 bits per heavy atom. The van der Waals surface area contributed by atoms with Crippen molar-refractivity contribution in [1.29, 1.82) is 0 Å². The first kappa shape index (κ1) is 17.3. The maximum Gasteiger partial charge on any atom is 0.338 e. The number of oxazole rings is 1. The molecule has 1 aliphatic heterocycles. The van der Waals surface area contributed by atoms with Crippen LogP contribution in [0.15, 0.2) is 53.3 Å². The fraction of sp³-hybridized carbons (Fsp3) is 0.150. The molecule has 3 heterocycles. The van der Waals surface area contributed by atoms with Crippen LogP contribution in [0.4, 0.5) is 0 Å². The van der Waals surface area contributed by atoms with Crippen LogP contribution in [-0.4, -0.2) is 26.6 Å². The van der Waals surface area contributed by atoms with Gasteiger partial charge in [0, 0.05) is 33.9 Å². The van der Waals surface area contributed by atoms with E-state index in [-0.39, 0.29) is 6.10 Å². The molecule has 0 bridgehead atoms. The molecule has 0 saturated heterocycles. The highest BCUT2D eigenvalue weighted by atomic mass is 35.5. The van der Waals surface area contributed by atoms with Gasteiger partial charge >= 0.3 is 5.97 Å². The van der Waals surface area contributed by atoms with Gasteiger partial charge in [0.25, 0.3) is 0 Å². The highest BCUT2D eigenvalue weighted by Gasteiger charge is 2.25. The molecule has 8 heteroatoms.